The molecule has 1 saturated heterocycles. The van der Waals surface area contributed by atoms with Gasteiger partial charge in [-0.05, 0) is 57.1 Å². The minimum Gasteiger partial charge on any atom is -0.378 e. The highest BCUT2D eigenvalue weighted by atomic mass is 32.1. The molecule has 0 spiro atoms. The van der Waals surface area contributed by atoms with Crippen molar-refractivity contribution in [2.75, 3.05) is 8.46 Å². The zero-order chi connectivity index (χ0) is 35.7. The quantitative estimate of drug-likeness (QED) is 0.156. The molecule has 0 radical (unpaired) electrons. The molecule has 0 unspecified atom stereocenters. The molecule has 6 heteroatoms. The van der Waals surface area contributed by atoms with E-state index in [1.165, 1.54) is 72.5 Å². The van der Waals surface area contributed by atoms with Gasteiger partial charge in [-0.15, -0.1) is 22.7 Å². The SMILES string of the molecule is c1ccc([Si]2(c3ccccc3)N(c3cccc4sc5ccccc5c34)[Si](c3ccccc3)(c3ccccc3)N2c2cccc3sc4ccccc4c23)cc1. The predicted molar refractivity (Wildman–Crippen MR) is 239 cm³/mol. The van der Waals surface area contributed by atoms with Gasteiger partial charge < -0.3 is 8.46 Å². The number of anilines is 2. The molecule has 0 bridgehead atoms. The van der Waals surface area contributed by atoms with E-state index >= 15 is 0 Å². The number of rotatable bonds is 6. The summed E-state index contributed by atoms with van der Waals surface area (Å²) in [5, 5.41) is 10.8. The van der Waals surface area contributed by atoms with Gasteiger partial charge in [0.15, 0.2) is 0 Å². The van der Waals surface area contributed by atoms with Gasteiger partial charge in [-0.1, -0.05) is 170 Å². The molecule has 3 heterocycles. The van der Waals surface area contributed by atoms with Gasteiger partial charge in [0.05, 0.1) is 0 Å². The second-order valence-corrected chi connectivity index (χ2v) is 23.8. The predicted octanol–water partition coefficient (Wildman–Crippen LogP) is 10.3. The van der Waals surface area contributed by atoms with Crippen LogP contribution in [-0.2, 0) is 0 Å². The molecule has 0 saturated carbocycles. The maximum absolute atomic E-state index is 3.15. The third kappa shape index (κ3) is 4.31. The van der Waals surface area contributed by atoms with Gasteiger partial charge in [-0.25, -0.2) is 0 Å². The Morgan fingerprint density at radius 2 is 0.574 bits per heavy atom. The molecule has 10 aromatic rings. The highest BCUT2D eigenvalue weighted by Gasteiger charge is 2.75. The summed E-state index contributed by atoms with van der Waals surface area (Å²) in [5.74, 6) is 0. The lowest BCUT2D eigenvalue weighted by molar-refractivity contribution is 1.23. The molecule has 54 heavy (non-hydrogen) atoms. The van der Waals surface area contributed by atoms with Crippen LogP contribution in [0, 0.1) is 0 Å². The second-order valence-electron chi connectivity index (χ2n) is 14.0. The molecule has 1 aliphatic rings. The van der Waals surface area contributed by atoms with Crippen LogP contribution in [0.4, 0.5) is 11.4 Å². The van der Waals surface area contributed by atoms with Crippen LogP contribution in [-0.4, -0.2) is 16.8 Å². The molecule has 8 aromatic carbocycles. The average Bonchev–Trinajstić information content (AvgIpc) is 3.82. The third-order valence-corrected chi connectivity index (χ3v) is 25.5. The standard InChI is InChI=1S/C48H34N2S2Si2/c1-5-19-35(20-6-1)53(36-21-7-2-8-22-36)49(41-29-17-33-45-47(41)39-27-13-15-31-43(39)51-45)54(37-23-9-3-10-24-37,38-25-11-4-12-26-38)50(53)42-30-18-34-46-48(42)40-28-14-16-32-44(40)52-46/h1-34H. The first-order valence-electron chi connectivity index (χ1n) is 18.4. The van der Waals surface area contributed by atoms with E-state index in [1.54, 1.807) is 0 Å². The lowest BCUT2D eigenvalue weighted by atomic mass is 10.1. The van der Waals surface area contributed by atoms with E-state index in [0.717, 1.165) is 0 Å². The monoisotopic (exact) mass is 758 g/mol. The van der Waals surface area contributed by atoms with Crippen molar-refractivity contribution in [3.05, 3.63) is 206 Å². The van der Waals surface area contributed by atoms with Crippen molar-refractivity contribution in [3.63, 3.8) is 0 Å². The molecular weight excluding hydrogens is 725 g/mol. The Kier molecular flexibility index (Phi) is 7.29. The first-order chi connectivity index (χ1) is 26.8. The van der Waals surface area contributed by atoms with Gasteiger partial charge in [0.25, 0.3) is 0 Å². The van der Waals surface area contributed by atoms with Crippen molar-refractivity contribution in [3.8, 4) is 0 Å². The van der Waals surface area contributed by atoms with E-state index in [4.69, 9.17) is 0 Å². The average molecular weight is 759 g/mol. The number of fused-ring (bicyclic) bond motifs is 6. The van der Waals surface area contributed by atoms with Crippen molar-refractivity contribution < 1.29 is 0 Å². The Morgan fingerprint density at radius 3 is 0.926 bits per heavy atom. The number of thiophene rings is 2. The topological polar surface area (TPSA) is 6.48 Å². The maximum Gasteiger partial charge on any atom is 0.318 e. The normalized spacial score (nSPS) is 14.9. The molecule has 0 aliphatic carbocycles. The highest BCUT2D eigenvalue weighted by molar-refractivity contribution is 7.39. The summed E-state index contributed by atoms with van der Waals surface area (Å²) >= 11 is 3.81. The fourth-order valence-electron chi connectivity index (χ4n) is 9.25. The lowest BCUT2D eigenvalue weighted by Gasteiger charge is -2.73. The smallest absolute Gasteiger partial charge is 0.318 e. The number of hydrogen-bond donors (Lipinski definition) is 0. The third-order valence-electron chi connectivity index (χ3n) is 11.2. The summed E-state index contributed by atoms with van der Waals surface area (Å²) in [4.78, 5) is 0. The summed E-state index contributed by atoms with van der Waals surface area (Å²) in [6.07, 6.45) is 0. The van der Waals surface area contributed by atoms with Crippen LogP contribution in [0.5, 0.6) is 0 Å². The van der Waals surface area contributed by atoms with E-state index < -0.39 is 16.8 Å². The van der Waals surface area contributed by atoms with Gasteiger partial charge in [-0.3, -0.25) is 0 Å². The zero-order valence-corrected chi connectivity index (χ0v) is 33.0. The van der Waals surface area contributed by atoms with Crippen LogP contribution < -0.4 is 29.2 Å². The maximum atomic E-state index is 3.05. The summed E-state index contributed by atoms with van der Waals surface area (Å²) in [5.41, 5.74) is 2.64. The van der Waals surface area contributed by atoms with Gasteiger partial charge in [0.1, 0.15) is 0 Å². The molecule has 256 valence electrons. The van der Waals surface area contributed by atoms with Crippen molar-refractivity contribution in [2.24, 2.45) is 0 Å². The minimum absolute atomic E-state index is 1.32. The van der Waals surface area contributed by atoms with Gasteiger partial charge in [0, 0.05) is 51.7 Å². The van der Waals surface area contributed by atoms with Gasteiger partial charge >= 0.3 is 16.8 Å². The first kappa shape index (κ1) is 31.7. The summed E-state index contributed by atoms with van der Waals surface area (Å²) in [6.45, 7) is 0. The molecule has 2 aromatic heterocycles. The largest absolute Gasteiger partial charge is 0.378 e. The number of hydrogen-bond acceptors (Lipinski definition) is 4. The Bertz CT molecular complexity index is 2670. The zero-order valence-electron chi connectivity index (χ0n) is 29.3. The number of benzene rings is 8. The van der Waals surface area contributed by atoms with E-state index in [2.05, 4.69) is 215 Å². The second kappa shape index (κ2) is 12.4. The molecule has 1 fully saturated rings. The Balaban J connectivity index is 1.40. The summed E-state index contributed by atoms with van der Waals surface area (Å²) in [6, 6.07) is 78.0. The fourth-order valence-corrected chi connectivity index (χ4v) is 26.8. The van der Waals surface area contributed by atoms with Crippen molar-refractivity contribution >= 4 is 112 Å². The molecule has 0 atom stereocenters. The van der Waals surface area contributed by atoms with Crippen LogP contribution in [0.1, 0.15) is 0 Å². The van der Waals surface area contributed by atoms with Gasteiger partial charge in [0.2, 0.25) is 0 Å². The first-order valence-corrected chi connectivity index (χ1v) is 23.9. The summed E-state index contributed by atoms with van der Waals surface area (Å²) < 4.78 is 11.4. The molecule has 1 aliphatic heterocycles. The van der Waals surface area contributed by atoms with Crippen LogP contribution in [0.15, 0.2) is 206 Å². The van der Waals surface area contributed by atoms with Crippen LogP contribution in [0.25, 0.3) is 40.3 Å². The highest BCUT2D eigenvalue weighted by Crippen LogP contribution is 2.52. The Labute approximate surface area is 324 Å². The molecular formula is C48H34N2S2Si2. The Morgan fingerprint density at radius 1 is 0.278 bits per heavy atom. The van der Waals surface area contributed by atoms with Crippen molar-refractivity contribution in [2.45, 2.75) is 0 Å². The Hall–Kier alpha value is -5.77. The van der Waals surface area contributed by atoms with Crippen molar-refractivity contribution in [1.82, 2.24) is 0 Å². The summed E-state index contributed by atoms with van der Waals surface area (Å²) in [7, 11) is -6.31. The molecule has 2 nitrogen and oxygen atoms in total. The minimum atomic E-state index is -3.15. The molecule has 0 amide bonds. The molecule has 0 N–H and O–H groups in total. The van der Waals surface area contributed by atoms with Crippen LogP contribution in [0.2, 0.25) is 0 Å². The van der Waals surface area contributed by atoms with Crippen molar-refractivity contribution in [1.29, 1.82) is 0 Å². The molecule has 11 rings (SSSR count). The lowest BCUT2D eigenvalue weighted by Crippen LogP contribution is -3.07. The van der Waals surface area contributed by atoms with Gasteiger partial charge in [-0.2, -0.15) is 0 Å². The van der Waals surface area contributed by atoms with E-state index in [-0.39, 0.29) is 0 Å². The van der Waals surface area contributed by atoms with E-state index in [1.807, 2.05) is 22.7 Å². The fraction of sp³-hybridized carbons (Fsp3) is 0. The van der Waals surface area contributed by atoms with Crippen LogP contribution in [0.3, 0.4) is 0 Å². The van der Waals surface area contributed by atoms with E-state index in [0.29, 0.717) is 0 Å². The number of nitrogens with zero attached hydrogens (tertiary/aromatic N) is 2. The van der Waals surface area contributed by atoms with Crippen LogP contribution >= 0.6 is 22.7 Å². The van der Waals surface area contributed by atoms with E-state index in [9.17, 15) is 0 Å².